The van der Waals surface area contributed by atoms with Gasteiger partial charge in [-0.2, -0.15) is 0 Å². The Bertz CT molecular complexity index is 441. The van der Waals surface area contributed by atoms with E-state index < -0.39 is 5.97 Å². The highest BCUT2D eigenvalue weighted by molar-refractivity contribution is 5.84. The van der Waals surface area contributed by atoms with Crippen LogP contribution in [-0.2, 0) is 19.1 Å². The molecule has 130 valence electrons. The van der Waals surface area contributed by atoms with Crippen molar-refractivity contribution in [3.8, 4) is 0 Å². The lowest BCUT2D eigenvalue weighted by molar-refractivity contribution is -0.137. The Morgan fingerprint density at radius 3 is 2.74 bits per heavy atom. The number of carbonyl (C=O) groups excluding carboxylic acids is 1. The molecule has 4 unspecified atom stereocenters. The van der Waals surface area contributed by atoms with Crippen molar-refractivity contribution >= 4 is 11.8 Å². The fraction of sp³-hybridized carbons (Fsp3) is 0.667. The predicted octanol–water partition coefficient (Wildman–Crippen LogP) is 3.00. The summed E-state index contributed by atoms with van der Waals surface area (Å²) in [4.78, 5) is 22.7. The van der Waals surface area contributed by atoms with Gasteiger partial charge in [-0.25, -0.2) is 0 Å². The van der Waals surface area contributed by atoms with Gasteiger partial charge in [0.15, 0.2) is 0 Å². The van der Waals surface area contributed by atoms with Crippen molar-refractivity contribution < 1.29 is 24.2 Å². The van der Waals surface area contributed by atoms with Gasteiger partial charge in [-0.15, -0.1) is 0 Å². The largest absolute Gasteiger partial charge is 0.481 e. The first-order valence-corrected chi connectivity index (χ1v) is 8.13. The lowest BCUT2D eigenvalue weighted by Gasteiger charge is -2.19. The van der Waals surface area contributed by atoms with Gasteiger partial charge in [0.1, 0.15) is 5.78 Å². The van der Waals surface area contributed by atoms with Crippen LogP contribution in [0.5, 0.6) is 0 Å². The van der Waals surface area contributed by atoms with Gasteiger partial charge >= 0.3 is 5.97 Å². The number of methoxy groups -OCH3 is 2. The van der Waals surface area contributed by atoms with Crippen LogP contribution in [0.25, 0.3) is 0 Å². The molecule has 0 radical (unpaired) electrons. The van der Waals surface area contributed by atoms with Gasteiger partial charge in [-0.3, -0.25) is 9.59 Å². The molecule has 1 saturated carbocycles. The minimum absolute atomic E-state index is 0.00965. The Kier molecular flexibility index (Phi) is 8.81. The first-order chi connectivity index (χ1) is 11.0. The van der Waals surface area contributed by atoms with Crippen molar-refractivity contribution in [1.29, 1.82) is 0 Å². The summed E-state index contributed by atoms with van der Waals surface area (Å²) >= 11 is 0. The highest BCUT2D eigenvalue weighted by Gasteiger charge is 2.40. The van der Waals surface area contributed by atoms with E-state index in [-0.39, 0.29) is 36.2 Å². The summed E-state index contributed by atoms with van der Waals surface area (Å²) in [7, 11) is 3.29. The van der Waals surface area contributed by atoms with E-state index in [1.807, 2.05) is 31.2 Å². The molecule has 0 aromatic heterocycles. The number of rotatable bonds is 10. The molecule has 0 aromatic rings. The van der Waals surface area contributed by atoms with Crippen molar-refractivity contribution in [2.75, 3.05) is 14.2 Å². The van der Waals surface area contributed by atoms with Crippen LogP contribution in [0.1, 0.15) is 39.0 Å². The number of ether oxygens (including phenoxy) is 2. The van der Waals surface area contributed by atoms with Crippen LogP contribution >= 0.6 is 0 Å². The maximum absolute atomic E-state index is 12.2. The number of Topliss-reactive ketones (excluding diaryl/α,β-unsaturated/α-hetero) is 1. The lowest BCUT2D eigenvalue weighted by Crippen LogP contribution is -2.20. The summed E-state index contributed by atoms with van der Waals surface area (Å²) in [6, 6.07) is 0. The molecule has 1 aliphatic carbocycles. The molecule has 0 amide bonds. The first kappa shape index (κ1) is 19.6. The van der Waals surface area contributed by atoms with Gasteiger partial charge in [0, 0.05) is 38.9 Å². The van der Waals surface area contributed by atoms with Gasteiger partial charge in [-0.05, 0) is 26.2 Å². The number of aliphatic carboxylic acids is 1. The van der Waals surface area contributed by atoms with Crippen molar-refractivity contribution in [3.63, 3.8) is 0 Å². The van der Waals surface area contributed by atoms with E-state index in [1.54, 1.807) is 14.2 Å². The average molecular weight is 324 g/mol. The number of hydrogen-bond acceptors (Lipinski definition) is 4. The fourth-order valence-corrected chi connectivity index (χ4v) is 2.84. The highest BCUT2D eigenvalue weighted by atomic mass is 16.5. The fourth-order valence-electron chi connectivity index (χ4n) is 2.84. The van der Waals surface area contributed by atoms with Crippen LogP contribution in [-0.4, -0.2) is 43.3 Å². The molecule has 0 aliphatic heterocycles. The number of unbranched alkanes of at least 4 members (excludes halogenated alkanes) is 1. The zero-order chi connectivity index (χ0) is 17.2. The maximum Gasteiger partial charge on any atom is 0.303 e. The van der Waals surface area contributed by atoms with Crippen molar-refractivity contribution in [3.05, 3.63) is 24.3 Å². The van der Waals surface area contributed by atoms with Crippen molar-refractivity contribution in [2.45, 2.75) is 51.2 Å². The minimum atomic E-state index is -0.773. The van der Waals surface area contributed by atoms with Crippen LogP contribution < -0.4 is 0 Å². The predicted molar refractivity (Wildman–Crippen MR) is 88.3 cm³/mol. The van der Waals surface area contributed by atoms with Crippen LogP contribution in [0, 0.1) is 11.8 Å². The summed E-state index contributed by atoms with van der Waals surface area (Å²) in [5.74, 6) is -0.554. The second kappa shape index (κ2) is 10.3. The molecule has 4 atom stereocenters. The molecular formula is C18H28O5. The molecule has 0 heterocycles. The van der Waals surface area contributed by atoms with Gasteiger partial charge in [0.25, 0.3) is 0 Å². The molecule has 5 nitrogen and oxygen atoms in total. The second-order valence-corrected chi connectivity index (χ2v) is 5.95. The maximum atomic E-state index is 12.2. The molecule has 1 aliphatic rings. The molecule has 1 N–H and O–H groups in total. The topological polar surface area (TPSA) is 72.8 Å². The standard InChI is InChI=1S/C18H28O5/c1-13(22-2)10-11-15-14(16(19)12-17(15)23-3)8-6-4-5-7-9-18(20)21/h4,6,10-11,13-15,17H,5,7-9,12H2,1-3H3,(H,20,21)/b6-4+,11-10+. The molecule has 1 rings (SSSR count). The summed E-state index contributed by atoms with van der Waals surface area (Å²) in [6.07, 6.45) is 10.5. The number of carboxylic acid groups (broad SMARTS) is 1. The van der Waals surface area contributed by atoms with E-state index in [4.69, 9.17) is 14.6 Å². The van der Waals surface area contributed by atoms with E-state index in [1.165, 1.54) is 0 Å². The monoisotopic (exact) mass is 324 g/mol. The molecule has 23 heavy (non-hydrogen) atoms. The number of allylic oxidation sites excluding steroid dienone is 2. The third kappa shape index (κ3) is 6.67. The van der Waals surface area contributed by atoms with Crippen LogP contribution in [0.3, 0.4) is 0 Å². The number of carbonyl (C=O) groups is 2. The van der Waals surface area contributed by atoms with Crippen LogP contribution in [0.4, 0.5) is 0 Å². The molecule has 5 heteroatoms. The van der Waals surface area contributed by atoms with Gasteiger partial charge in [0.2, 0.25) is 0 Å². The normalized spacial score (nSPS) is 26.4. The summed E-state index contributed by atoms with van der Waals surface area (Å²) < 4.78 is 10.7. The van der Waals surface area contributed by atoms with E-state index in [9.17, 15) is 9.59 Å². The van der Waals surface area contributed by atoms with E-state index in [2.05, 4.69) is 0 Å². The third-order valence-corrected chi connectivity index (χ3v) is 4.31. The van der Waals surface area contributed by atoms with Crippen molar-refractivity contribution in [2.24, 2.45) is 11.8 Å². The van der Waals surface area contributed by atoms with Crippen molar-refractivity contribution in [1.82, 2.24) is 0 Å². The van der Waals surface area contributed by atoms with Crippen LogP contribution in [0.15, 0.2) is 24.3 Å². The van der Waals surface area contributed by atoms with E-state index in [0.29, 0.717) is 19.3 Å². The number of ketones is 1. The van der Waals surface area contributed by atoms with E-state index in [0.717, 1.165) is 6.42 Å². The second-order valence-electron chi connectivity index (χ2n) is 5.95. The third-order valence-electron chi connectivity index (χ3n) is 4.31. The SMILES string of the molecule is COC(C)/C=C/C1C(OC)CC(=O)C1C/C=C/CCCC(=O)O. The Morgan fingerprint density at radius 1 is 1.39 bits per heavy atom. The van der Waals surface area contributed by atoms with Gasteiger partial charge in [0.05, 0.1) is 12.2 Å². The summed E-state index contributed by atoms with van der Waals surface area (Å²) in [6.45, 7) is 1.95. The molecular weight excluding hydrogens is 296 g/mol. The molecule has 1 fully saturated rings. The molecule has 0 aromatic carbocycles. The zero-order valence-electron chi connectivity index (χ0n) is 14.2. The zero-order valence-corrected chi connectivity index (χ0v) is 14.2. The minimum Gasteiger partial charge on any atom is -0.481 e. The average Bonchev–Trinajstić information content (AvgIpc) is 2.83. The number of hydrogen-bond donors (Lipinski definition) is 1. The van der Waals surface area contributed by atoms with Crippen LogP contribution in [0.2, 0.25) is 0 Å². The summed E-state index contributed by atoms with van der Waals surface area (Å²) in [5.41, 5.74) is 0. The quantitative estimate of drug-likeness (QED) is 0.494. The molecule has 0 spiro atoms. The van der Waals surface area contributed by atoms with E-state index >= 15 is 0 Å². The lowest BCUT2D eigenvalue weighted by atomic mass is 9.90. The van der Waals surface area contributed by atoms with Gasteiger partial charge in [-0.1, -0.05) is 24.3 Å². The number of carboxylic acids is 1. The highest BCUT2D eigenvalue weighted by Crippen LogP contribution is 2.35. The first-order valence-electron chi connectivity index (χ1n) is 8.13. The molecule has 0 bridgehead atoms. The molecule has 0 saturated heterocycles. The Balaban J connectivity index is 2.58. The Morgan fingerprint density at radius 2 is 2.13 bits per heavy atom. The summed E-state index contributed by atoms with van der Waals surface area (Å²) in [5, 5.41) is 8.59. The Hall–Kier alpha value is -1.46. The Labute approximate surface area is 138 Å². The smallest absolute Gasteiger partial charge is 0.303 e. The van der Waals surface area contributed by atoms with Gasteiger partial charge < -0.3 is 14.6 Å².